The molecule has 1 aromatic rings. The summed E-state index contributed by atoms with van der Waals surface area (Å²) in [6.45, 7) is 9.53. The molecule has 3 rings (SSSR count). The van der Waals surface area contributed by atoms with Gasteiger partial charge in [0, 0.05) is 45.5 Å². The molecule has 0 spiro atoms. The van der Waals surface area contributed by atoms with Crippen molar-refractivity contribution in [3.63, 3.8) is 0 Å². The molecule has 1 saturated heterocycles. The van der Waals surface area contributed by atoms with Crippen LogP contribution in [0.5, 0.6) is 5.75 Å². The third-order valence-electron chi connectivity index (χ3n) is 5.78. The summed E-state index contributed by atoms with van der Waals surface area (Å²) in [5.74, 6) is 0.264. The standard InChI is InChI=1S/C22H32N4O4/c1-5-25-10-12-26(13-11-25)15-18-19(21(27)30-6-2)20(23-22(28)24(18)3)16-8-7-9-17(14-16)29-4/h7-9,14,20H,5-6,10-13,15H2,1-4H3,(H,23,28)/t20-/m1/s1. The van der Waals surface area contributed by atoms with Gasteiger partial charge in [0.1, 0.15) is 5.75 Å². The van der Waals surface area contributed by atoms with Crippen molar-refractivity contribution in [1.29, 1.82) is 0 Å². The van der Waals surface area contributed by atoms with Gasteiger partial charge in [-0.2, -0.15) is 0 Å². The van der Waals surface area contributed by atoms with Crippen LogP contribution in [0.1, 0.15) is 25.5 Å². The Hall–Kier alpha value is -2.58. The molecule has 1 atom stereocenters. The molecule has 1 N–H and O–H groups in total. The van der Waals surface area contributed by atoms with Crippen LogP contribution in [0.4, 0.5) is 4.79 Å². The second-order valence-corrected chi connectivity index (χ2v) is 7.51. The Morgan fingerprint density at radius 3 is 2.50 bits per heavy atom. The highest BCUT2D eigenvalue weighted by molar-refractivity contribution is 5.95. The maximum Gasteiger partial charge on any atom is 0.338 e. The van der Waals surface area contributed by atoms with Gasteiger partial charge >= 0.3 is 12.0 Å². The molecule has 1 aromatic carbocycles. The summed E-state index contributed by atoms with van der Waals surface area (Å²) in [5.41, 5.74) is 1.95. The van der Waals surface area contributed by atoms with E-state index in [2.05, 4.69) is 22.0 Å². The van der Waals surface area contributed by atoms with Crippen LogP contribution < -0.4 is 10.1 Å². The minimum absolute atomic E-state index is 0.238. The molecular weight excluding hydrogens is 384 g/mol. The number of carbonyl (C=O) groups excluding carboxylic acids is 2. The Balaban J connectivity index is 1.99. The van der Waals surface area contributed by atoms with Crippen molar-refractivity contribution >= 4 is 12.0 Å². The Morgan fingerprint density at radius 1 is 1.17 bits per heavy atom. The average Bonchev–Trinajstić information content (AvgIpc) is 2.77. The zero-order valence-electron chi connectivity index (χ0n) is 18.3. The molecule has 0 radical (unpaired) electrons. The van der Waals surface area contributed by atoms with Crippen molar-refractivity contribution in [3.8, 4) is 5.75 Å². The second kappa shape index (κ2) is 9.95. The number of rotatable bonds is 7. The van der Waals surface area contributed by atoms with Crippen LogP contribution in [0.2, 0.25) is 0 Å². The maximum absolute atomic E-state index is 13.0. The fourth-order valence-corrected chi connectivity index (χ4v) is 3.94. The smallest absolute Gasteiger partial charge is 0.338 e. The topological polar surface area (TPSA) is 74.4 Å². The maximum atomic E-state index is 13.0. The third-order valence-corrected chi connectivity index (χ3v) is 5.78. The predicted molar refractivity (Wildman–Crippen MR) is 114 cm³/mol. The second-order valence-electron chi connectivity index (χ2n) is 7.51. The monoisotopic (exact) mass is 416 g/mol. The van der Waals surface area contributed by atoms with Crippen molar-refractivity contribution in [1.82, 2.24) is 20.0 Å². The first-order chi connectivity index (χ1) is 14.5. The number of benzene rings is 1. The van der Waals surface area contributed by atoms with Crippen molar-refractivity contribution in [2.45, 2.75) is 19.9 Å². The van der Waals surface area contributed by atoms with E-state index in [1.54, 1.807) is 21.1 Å². The lowest BCUT2D eigenvalue weighted by Crippen LogP contribution is -2.52. The van der Waals surface area contributed by atoms with E-state index in [0.29, 0.717) is 23.6 Å². The van der Waals surface area contributed by atoms with E-state index in [1.807, 2.05) is 24.3 Å². The lowest BCUT2D eigenvalue weighted by molar-refractivity contribution is -0.139. The van der Waals surface area contributed by atoms with Crippen molar-refractivity contribution in [3.05, 3.63) is 41.1 Å². The highest BCUT2D eigenvalue weighted by Crippen LogP contribution is 2.33. The first-order valence-electron chi connectivity index (χ1n) is 10.5. The zero-order valence-corrected chi connectivity index (χ0v) is 18.3. The number of amides is 2. The third kappa shape index (κ3) is 4.76. The van der Waals surface area contributed by atoms with Crippen LogP contribution in [0.3, 0.4) is 0 Å². The largest absolute Gasteiger partial charge is 0.497 e. The molecule has 2 heterocycles. The highest BCUT2D eigenvalue weighted by Gasteiger charge is 2.37. The van der Waals surface area contributed by atoms with Crippen LogP contribution in [-0.2, 0) is 9.53 Å². The van der Waals surface area contributed by atoms with Gasteiger partial charge in [-0.05, 0) is 31.2 Å². The van der Waals surface area contributed by atoms with Gasteiger partial charge in [0.25, 0.3) is 0 Å². The number of nitrogens with one attached hydrogen (secondary N) is 1. The fourth-order valence-electron chi connectivity index (χ4n) is 3.94. The number of hydrogen-bond donors (Lipinski definition) is 1. The molecule has 30 heavy (non-hydrogen) atoms. The van der Waals surface area contributed by atoms with Gasteiger partial charge in [0.15, 0.2) is 0 Å². The normalized spacial score (nSPS) is 20.9. The van der Waals surface area contributed by atoms with Crippen LogP contribution >= 0.6 is 0 Å². The Morgan fingerprint density at radius 2 is 1.87 bits per heavy atom. The Kier molecular flexibility index (Phi) is 7.33. The summed E-state index contributed by atoms with van der Waals surface area (Å²) in [7, 11) is 3.30. The molecule has 2 amide bonds. The highest BCUT2D eigenvalue weighted by atomic mass is 16.5. The summed E-state index contributed by atoms with van der Waals surface area (Å²) in [4.78, 5) is 32.0. The Bertz CT molecular complexity index is 802. The quantitative estimate of drug-likeness (QED) is 0.684. The Labute approximate surface area is 178 Å². The number of likely N-dealkylation sites (N-methyl/N-ethyl adjacent to an activating group) is 2. The van der Waals surface area contributed by atoms with Gasteiger partial charge in [-0.1, -0.05) is 19.1 Å². The van der Waals surface area contributed by atoms with E-state index in [4.69, 9.17) is 9.47 Å². The molecule has 164 valence electrons. The van der Waals surface area contributed by atoms with Crippen LogP contribution in [0.25, 0.3) is 0 Å². The molecule has 2 aliphatic heterocycles. The first kappa shape index (κ1) is 22.1. The molecule has 8 heteroatoms. The van der Waals surface area contributed by atoms with Crippen LogP contribution in [-0.4, -0.2) is 86.7 Å². The number of methoxy groups -OCH3 is 1. The van der Waals surface area contributed by atoms with E-state index in [1.165, 1.54) is 4.90 Å². The molecule has 0 unspecified atom stereocenters. The molecular formula is C22H32N4O4. The van der Waals surface area contributed by atoms with E-state index in [-0.39, 0.29) is 12.6 Å². The molecule has 0 bridgehead atoms. The van der Waals surface area contributed by atoms with E-state index >= 15 is 0 Å². The lowest BCUT2D eigenvalue weighted by atomic mass is 9.94. The predicted octanol–water partition coefficient (Wildman–Crippen LogP) is 1.85. The number of esters is 1. The number of piperazine rings is 1. The van der Waals surface area contributed by atoms with Gasteiger partial charge < -0.3 is 19.7 Å². The number of hydrogen-bond acceptors (Lipinski definition) is 6. The summed E-state index contributed by atoms with van der Waals surface area (Å²) in [5, 5.41) is 2.95. The summed E-state index contributed by atoms with van der Waals surface area (Å²) < 4.78 is 10.7. The minimum Gasteiger partial charge on any atom is -0.497 e. The first-order valence-corrected chi connectivity index (χ1v) is 10.5. The average molecular weight is 417 g/mol. The van der Waals surface area contributed by atoms with Crippen molar-refractivity contribution in [2.24, 2.45) is 0 Å². The fraction of sp³-hybridized carbons (Fsp3) is 0.545. The van der Waals surface area contributed by atoms with Crippen molar-refractivity contribution < 1.29 is 19.1 Å². The summed E-state index contributed by atoms with van der Waals surface area (Å²) in [6, 6.07) is 6.59. The molecule has 2 aliphatic rings. The zero-order chi connectivity index (χ0) is 21.7. The van der Waals surface area contributed by atoms with Crippen molar-refractivity contribution in [2.75, 3.05) is 60.0 Å². The molecule has 0 aliphatic carbocycles. The van der Waals surface area contributed by atoms with E-state index in [9.17, 15) is 9.59 Å². The number of ether oxygens (including phenoxy) is 2. The molecule has 1 fully saturated rings. The summed E-state index contributed by atoms with van der Waals surface area (Å²) in [6.07, 6.45) is 0. The SMILES string of the molecule is CCOC(=O)C1=C(CN2CCN(CC)CC2)N(C)C(=O)N[C@@H]1c1cccc(OC)c1. The van der Waals surface area contributed by atoms with Gasteiger partial charge in [-0.3, -0.25) is 9.80 Å². The molecule has 0 aromatic heterocycles. The van der Waals surface area contributed by atoms with E-state index < -0.39 is 12.0 Å². The van der Waals surface area contributed by atoms with Gasteiger partial charge in [0.05, 0.1) is 25.3 Å². The minimum atomic E-state index is -0.588. The van der Waals surface area contributed by atoms with Crippen LogP contribution in [0, 0.1) is 0 Å². The number of urea groups is 1. The van der Waals surface area contributed by atoms with Gasteiger partial charge in [0.2, 0.25) is 0 Å². The molecule has 0 saturated carbocycles. The molecule has 8 nitrogen and oxygen atoms in total. The van der Waals surface area contributed by atoms with E-state index in [0.717, 1.165) is 38.3 Å². The number of carbonyl (C=O) groups is 2. The lowest BCUT2D eigenvalue weighted by Gasteiger charge is -2.39. The van der Waals surface area contributed by atoms with Gasteiger partial charge in [-0.25, -0.2) is 9.59 Å². The van der Waals surface area contributed by atoms with Gasteiger partial charge in [-0.15, -0.1) is 0 Å². The number of nitrogens with zero attached hydrogens (tertiary/aromatic N) is 3. The summed E-state index contributed by atoms with van der Waals surface area (Å²) >= 11 is 0. The van der Waals surface area contributed by atoms with Crippen LogP contribution in [0.15, 0.2) is 35.5 Å².